The molecule has 3 nitrogen and oxygen atoms in total. The standard InChI is InChI=1S/C13H24N2OS/c1-6-10(4)7-15(5)13-14-12(9(2)3)11(8-16)17-13/h9-10,16H,6-8H2,1-5H3. The first-order valence-corrected chi connectivity index (χ1v) is 7.12. The normalized spacial score (nSPS) is 13.1. The zero-order chi connectivity index (χ0) is 13.0. The predicted octanol–water partition coefficient (Wildman–Crippen LogP) is 3.24. The minimum Gasteiger partial charge on any atom is -0.391 e. The number of thiazole rings is 1. The average Bonchev–Trinajstić information content (AvgIpc) is 2.72. The molecule has 0 bridgehead atoms. The number of aromatic nitrogens is 1. The van der Waals surface area contributed by atoms with Crippen LogP contribution in [0.15, 0.2) is 0 Å². The lowest BCUT2D eigenvalue weighted by Crippen LogP contribution is -2.23. The number of hydrogen-bond donors (Lipinski definition) is 1. The average molecular weight is 256 g/mol. The van der Waals surface area contributed by atoms with Crippen LogP contribution in [0, 0.1) is 5.92 Å². The molecule has 0 saturated heterocycles. The molecule has 0 saturated carbocycles. The van der Waals surface area contributed by atoms with Gasteiger partial charge in [-0.25, -0.2) is 4.98 Å². The van der Waals surface area contributed by atoms with Crippen LogP contribution in [0.2, 0.25) is 0 Å². The van der Waals surface area contributed by atoms with Crippen molar-refractivity contribution in [1.82, 2.24) is 4.98 Å². The lowest BCUT2D eigenvalue weighted by Gasteiger charge is -2.19. The number of anilines is 1. The number of nitrogens with zero attached hydrogens (tertiary/aromatic N) is 2. The SMILES string of the molecule is CCC(C)CN(C)c1nc(C(C)C)c(CO)s1. The van der Waals surface area contributed by atoms with Crippen LogP contribution in [0.3, 0.4) is 0 Å². The van der Waals surface area contributed by atoms with Crippen LogP contribution in [0.1, 0.15) is 50.6 Å². The second-order valence-corrected chi connectivity index (χ2v) is 6.07. The summed E-state index contributed by atoms with van der Waals surface area (Å²) in [7, 11) is 2.08. The zero-order valence-corrected chi connectivity index (χ0v) is 12.3. The van der Waals surface area contributed by atoms with E-state index in [-0.39, 0.29) is 6.61 Å². The second-order valence-electron chi connectivity index (χ2n) is 5.01. The van der Waals surface area contributed by atoms with Gasteiger partial charge in [0.1, 0.15) is 0 Å². The summed E-state index contributed by atoms with van der Waals surface area (Å²) in [6, 6.07) is 0. The van der Waals surface area contributed by atoms with E-state index in [2.05, 4.69) is 44.6 Å². The highest BCUT2D eigenvalue weighted by Gasteiger charge is 2.16. The Labute approximate surface area is 108 Å². The van der Waals surface area contributed by atoms with E-state index >= 15 is 0 Å². The van der Waals surface area contributed by atoms with Crippen molar-refractivity contribution in [3.63, 3.8) is 0 Å². The molecular formula is C13H24N2OS. The first kappa shape index (κ1) is 14.5. The van der Waals surface area contributed by atoms with Crippen LogP contribution < -0.4 is 4.90 Å². The summed E-state index contributed by atoms with van der Waals surface area (Å²) in [5, 5.41) is 10.4. The Hall–Kier alpha value is -0.610. The van der Waals surface area contributed by atoms with Crippen LogP contribution in [0.5, 0.6) is 0 Å². The Morgan fingerprint density at radius 2 is 2.00 bits per heavy atom. The van der Waals surface area contributed by atoms with E-state index in [0.717, 1.165) is 22.2 Å². The van der Waals surface area contributed by atoms with Crippen molar-refractivity contribution in [3.8, 4) is 0 Å². The fourth-order valence-electron chi connectivity index (χ4n) is 1.75. The van der Waals surface area contributed by atoms with Gasteiger partial charge in [0.25, 0.3) is 0 Å². The second kappa shape index (κ2) is 6.36. The van der Waals surface area contributed by atoms with Gasteiger partial charge in [-0.05, 0) is 11.8 Å². The molecule has 1 atom stereocenters. The topological polar surface area (TPSA) is 36.4 Å². The largest absolute Gasteiger partial charge is 0.391 e. The van der Waals surface area contributed by atoms with Gasteiger partial charge in [0.05, 0.1) is 17.2 Å². The number of aliphatic hydroxyl groups excluding tert-OH is 1. The van der Waals surface area contributed by atoms with Gasteiger partial charge in [-0.15, -0.1) is 0 Å². The van der Waals surface area contributed by atoms with Gasteiger partial charge in [-0.1, -0.05) is 45.5 Å². The van der Waals surface area contributed by atoms with Gasteiger partial charge in [0.15, 0.2) is 5.13 Å². The molecule has 1 heterocycles. The molecule has 0 radical (unpaired) electrons. The predicted molar refractivity (Wildman–Crippen MR) is 74.9 cm³/mol. The number of rotatable bonds is 6. The third-order valence-corrected chi connectivity index (χ3v) is 4.19. The minimum absolute atomic E-state index is 0.0996. The third-order valence-electron chi connectivity index (χ3n) is 3.02. The molecule has 1 unspecified atom stereocenters. The van der Waals surface area contributed by atoms with Crippen molar-refractivity contribution in [3.05, 3.63) is 10.6 Å². The summed E-state index contributed by atoms with van der Waals surface area (Å²) >= 11 is 1.61. The number of aliphatic hydroxyl groups is 1. The smallest absolute Gasteiger partial charge is 0.185 e. The highest BCUT2D eigenvalue weighted by Crippen LogP contribution is 2.30. The molecule has 1 rings (SSSR count). The molecule has 0 aromatic carbocycles. The van der Waals surface area contributed by atoms with Crippen molar-refractivity contribution < 1.29 is 5.11 Å². The maximum Gasteiger partial charge on any atom is 0.185 e. The maximum atomic E-state index is 9.34. The molecule has 98 valence electrons. The van der Waals surface area contributed by atoms with Gasteiger partial charge in [0, 0.05) is 13.6 Å². The number of hydrogen-bond acceptors (Lipinski definition) is 4. The van der Waals surface area contributed by atoms with Crippen molar-refractivity contribution >= 4 is 16.5 Å². The molecule has 1 N–H and O–H groups in total. The van der Waals surface area contributed by atoms with Crippen LogP contribution in [0.25, 0.3) is 0 Å². The van der Waals surface area contributed by atoms with Gasteiger partial charge in [0.2, 0.25) is 0 Å². The Bertz CT molecular complexity index is 349. The summed E-state index contributed by atoms with van der Waals surface area (Å²) < 4.78 is 0. The van der Waals surface area contributed by atoms with Crippen molar-refractivity contribution in [2.24, 2.45) is 5.92 Å². The van der Waals surface area contributed by atoms with Gasteiger partial charge >= 0.3 is 0 Å². The maximum absolute atomic E-state index is 9.34. The molecule has 0 spiro atoms. The first-order valence-electron chi connectivity index (χ1n) is 6.31. The molecular weight excluding hydrogens is 232 g/mol. The molecule has 0 aliphatic rings. The fraction of sp³-hybridized carbons (Fsp3) is 0.769. The summed E-state index contributed by atoms with van der Waals surface area (Å²) in [4.78, 5) is 7.86. The van der Waals surface area contributed by atoms with E-state index in [1.165, 1.54) is 6.42 Å². The van der Waals surface area contributed by atoms with Crippen molar-refractivity contribution in [2.75, 3.05) is 18.5 Å². The van der Waals surface area contributed by atoms with E-state index in [4.69, 9.17) is 0 Å². The molecule has 17 heavy (non-hydrogen) atoms. The van der Waals surface area contributed by atoms with E-state index in [9.17, 15) is 5.11 Å². The monoisotopic (exact) mass is 256 g/mol. The Morgan fingerprint density at radius 3 is 2.41 bits per heavy atom. The van der Waals surface area contributed by atoms with Gasteiger partial charge < -0.3 is 10.0 Å². The lowest BCUT2D eigenvalue weighted by atomic mass is 10.1. The summed E-state index contributed by atoms with van der Waals surface area (Å²) in [6.07, 6.45) is 1.18. The quantitative estimate of drug-likeness (QED) is 0.849. The van der Waals surface area contributed by atoms with Crippen LogP contribution in [-0.2, 0) is 6.61 Å². The van der Waals surface area contributed by atoms with Crippen molar-refractivity contribution in [1.29, 1.82) is 0 Å². The van der Waals surface area contributed by atoms with Gasteiger partial charge in [-0.2, -0.15) is 0 Å². The van der Waals surface area contributed by atoms with E-state index in [1.807, 2.05) is 0 Å². The van der Waals surface area contributed by atoms with Gasteiger partial charge in [-0.3, -0.25) is 0 Å². The molecule has 0 aliphatic heterocycles. The summed E-state index contributed by atoms with van der Waals surface area (Å²) in [5.41, 5.74) is 1.04. The molecule has 0 fully saturated rings. The summed E-state index contributed by atoms with van der Waals surface area (Å²) in [5.74, 6) is 1.04. The Kier molecular flexibility index (Phi) is 5.40. The zero-order valence-electron chi connectivity index (χ0n) is 11.5. The highest BCUT2D eigenvalue weighted by molar-refractivity contribution is 7.15. The van der Waals surface area contributed by atoms with Crippen molar-refractivity contribution in [2.45, 2.75) is 46.6 Å². The molecule has 1 aromatic heterocycles. The molecule has 4 heteroatoms. The fourth-order valence-corrected chi connectivity index (χ4v) is 2.80. The van der Waals surface area contributed by atoms with E-state index < -0.39 is 0 Å². The summed E-state index contributed by atoms with van der Waals surface area (Å²) in [6.45, 7) is 9.81. The van der Waals surface area contributed by atoms with Crippen LogP contribution in [-0.4, -0.2) is 23.7 Å². The van der Waals surface area contributed by atoms with Crippen LogP contribution in [0.4, 0.5) is 5.13 Å². The van der Waals surface area contributed by atoms with E-state index in [0.29, 0.717) is 11.8 Å². The van der Waals surface area contributed by atoms with Crippen LogP contribution >= 0.6 is 11.3 Å². The molecule has 0 amide bonds. The third kappa shape index (κ3) is 3.68. The highest BCUT2D eigenvalue weighted by atomic mass is 32.1. The molecule has 1 aromatic rings. The first-order chi connectivity index (χ1) is 7.99. The lowest BCUT2D eigenvalue weighted by molar-refractivity contribution is 0.283. The molecule has 0 aliphatic carbocycles. The Balaban J connectivity index is 2.84. The Morgan fingerprint density at radius 1 is 1.35 bits per heavy atom. The minimum atomic E-state index is 0.0996. The van der Waals surface area contributed by atoms with E-state index in [1.54, 1.807) is 11.3 Å².